The van der Waals surface area contributed by atoms with Crippen molar-refractivity contribution in [3.63, 3.8) is 0 Å². The number of aryl methyl sites for hydroxylation is 4. The summed E-state index contributed by atoms with van der Waals surface area (Å²) in [5.74, 6) is 0. The molecular weight excluding hydrogens is 264 g/mol. The summed E-state index contributed by atoms with van der Waals surface area (Å²) in [4.78, 5) is 0. The first-order valence-electron chi connectivity index (χ1n) is 7.82. The summed E-state index contributed by atoms with van der Waals surface area (Å²) in [5.41, 5.74) is 11.5. The van der Waals surface area contributed by atoms with Crippen LogP contribution >= 0.6 is 0 Å². The van der Waals surface area contributed by atoms with E-state index in [1.807, 2.05) is 0 Å². The van der Waals surface area contributed by atoms with Crippen molar-refractivity contribution in [3.8, 4) is 0 Å². The molecular formula is C22H26. The average molecular weight is 290 g/mol. The summed E-state index contributed by atoms with van der Waals surface area (Å²) in [6.07, 6.45) is 2.20. The highest BCUT2D eigenvalue weighted by molar-refractivity contribution is 5.83. The number of allylic oxidation sites excluding steroid dienone is 3. The molecule has 0 spiro atoms. The molecule has 0 heteroatoms. The van der Waals surface area contributed by atoms with Crippen molar-refractivity contribution in [3.05, 3.63) is 81.9 Å². The topological polar surface area (TPSA) is 0 Å². The van der Waals surface area contributed by atoms with Gasteiger partial charge >= 0.3 is 0 Å². The van der Waals surface area contributed by atoms with Gasteiger partial charge in [0.25, 0.3) is 0 Å². The molecule has 2 aromatic carbocycles. The van der Waals surface area contributed by atoms with E-state index in [-0.39, 0.29) is 0 Å². The Hall–Kier alpha value is -2.08. The van der Waals surface area contributed by atoms with Gasteiger partial charge in [0.05, 0.1) is 0 Å². The van der Waals surface area contributed by atoms with Crippen molar-refractivity contribution in [2.75, 3.05) is 0 Å². The van der Waals surface area contributed by atoms with Crippen molar-refractivity contribution in [1.82, 2.24) is 0 Å². The summed E-state index contributed by atoms with van der Waals surface area (Å²) in [7, 11) is 0. The Bertz CT molecular complexity index is 735. The van der Waals surface area contributed by atoms with Crippen LogP contribution in [-0.2, 0) is 0 Å². The Morgan fingerprint density at radius 2 is 1.45 bits per heavy atom. The van der Waals surface area contributed by atoms with Crippen molar-refractivity contribution in [1.29, 1.82) is 0 Å². The Kier molecular flexibility index (Phi) is 4.71. The van der Waals surface area contributed by atoms with E-state index in [2.05, 4.69) is 84.5 Å². The third-order valence-corrected chi connectivity index (χ3v) is 4.50. The van der Waals surface area contributed by atoms with Crippen LogP contribution in [0.3, 0.4) is 0 Å². The van der Waals surface area contributed by atoms with Crippen LogP contribution in [0.1, 0.15) is 45.9 Å². The predicted octanol–water partition coefficient (Wildman–Crippen LogP) is 6.35. The van der Waals surface area contributed by atoms with Gasteiger partial charge in [0.1, 0.15) is 0 Å². The fourth-order valence-corrected chi connectivity index (χ4v) is 2.86. The Balaban J connectivity index is 2.38. The maximum absolute atomic E-state index is 4.27. The monoisotopic (exact) mass is 290 g/mol. The molecule has 0 aliphatic rings. The molecule has 0 heterocycles. The third kappa shape index (κ3) is 3.39. The molecule has 2 aromatic rings. The van der Waals surface area contributed by atoms with Gasteiger partial charge in [-0.3, -0.25) is 0 Å². The van der Waals surface area contributed by atoms with Gasteiger partial charge in [-0.1, -0.05) is 48.6 Å². The number of hydrogen-bond acceptors (Lipinski definition) is 0. The van der Waals surface area contributed by atoms with E-state index < -0.39 is 0 Å². The lowest BCUT2D eigenvalue weighted by Gasteiger charge is -2.11. The lowest BCUT2D eigenvalue weighted by atomic mass is 9.94. The van der Waals surface area contributed by atoms with Crippen LogP contribution in [0.2, 0.25) is 0 Å². The van der Waals surface area contributed by atoms with Crippen LogP contribution in [-0.4, -0.2) is 0 Å². The van der Waals surface area contributed by atoms with Crippen LogP contribution in [0.4, 0.5) is 0 Å². The van der Waals surface area contributed by atoms with Gasteiger partial charge < -0.3 is 0 Å². The maximum atomic E-state index is 4.27. The zero-order valence-corrected chi connectivity index (χ0v) is 14.7. The smallest absolute Gasteiger partial charge is 0.0160 e. The van der Waals surface area contributed by atoms with Gasteiger partial charge in [0, 0.05) is 0 Å². The molecule has 0 saturated carbocycles. The summed E-state index contributed by atoms with van der Waals surface area (Å²) in [6, 6.07) is 11.1. The third-order valence-electron chi connectivity index (χ3n) is 4.50. The Morgan fingerprint density at radius 3 is 2.00 bits per heavy atom. The van der Waals surface area contributed by atoms with Crippen molar-refractivity contribution >= 4 is 11.1 Å². The van der Waals surface area contributed by atoms with Gasteiger partial charge in [0.2, 0.25) is 0 Å². The summed E-state index contributed by atoms with van der Waals surface area (Å²) < 4.78 is 0. The second-order valence-corrected chi connectivity index (χ2v) is 6.41. The minimum atomic E-state index is 1.07. The molecule has 0 saturated heterocycles. The molecule has 22 heavy (non-hydrogen) atoms. The van der Waals surface area contributed by atoms with E-state index >= 15 is 0 Å². The molecule has 0 aromatic heterocycles. The highest BCUT2D eigenvalue weighted by Gasteiger charge is 2.05. The summed E-state index contributed by atoms with van der Waals surface area (Å²) in [5, 5.41) is 0. The fourth-order valence-electron chi connectivity index (χ4n) is 2.86. The maximum Gasteiger partial charge on any atom is -0.0160 e. The van der Waals surface area contributed by atoms with E-state index in [0.29, 0.717) is 0 Å². The molecule has 114 valence electrons. The van der Waals surface area contributed by atoms with E-state index in [1.54, 1.807) is 0 Å². The lowest BCUT2D eigenvalue weighted by molar-refractivity contribution is 1.25. The molecule has 0 aliphatic carbocycles. The molecule has 0 nitrogen and oxygen atoms in total. The first kappa shape index (κ1) is 16.3. The SMILES string of the molecule is C=C(/C=C(\C)c1cc(C)c(C)c(C)c1)c1ccc(C)cc1C. The van der Waals surface area contributed by atoms with Gasteiger partial charge in [0.15, 0.2) is 0 Å². The number of benzene rings is 2. The quantitative estimate of drug-likeness (QED) is 0.578. The van der Waals surface area contributed by atoms with E-state index in [1.165, 1.54) is 44.5 Å². The van der Waals surface area contributed by atoms with Crippen LogP contribution in [0.5, 0.6) is 0 Å². The number of hydrogen-bond donors (Lipinski definition) is 0. The van der Waals surface area contributed by atoms with Crippen LogP contribution in [0.25, 0.3) is 11.1 Å². The largest absolute Gasteiger partial charge is 0.0911 e. The van der Waals surface area contributed by atoms with Crippen LogP contribution in [0.15, 0.2) is 43.0 Å². The van der Waals surface area contributed by atoms with Gasteiger partial charge in [-0.05, 0) is 86.1 Å². The normalized spacial score (nSPS) is 11.6. The summed E-state index contributed by atoms with van der Waals surface area (Å²) in [6.45, 7) is 17.2. The van der Waals surface area contributed by atoms with Crippen molar-refractivity contribution in [2.45, 2.75) is 41.5 Å². The summed E-state index contributed by atoms with van der Waals surface area (Å²) >= 11 is 0. The highest BCUT2D eigenvalue weighted by Crippen LogP contribution is 2.26. The molecule has 0 amide bonds. The van der Waals surface area contributed by atoms with Gasteiger partial charge in [-0.15, -0.1) is 0 Å². The zero-order valence-electron chi connectivity index (χ0n) is 14.7. The molecule has 0 N–H and O–H groups in total. The molecule has 0 aliphatic heterocycles. The average Bonchev–Trinajstić information content (AvgIpc) is 2.43. The van der Waals surface area contributed by atoms with Gasteiger partial charge in [-0.2, -0.15) is 0 Å². The number of rotatable bonds is 3. The minimum Gasteiger partial charge on any atom is -0.0911 e. The zero-order chi connectivity index (χ0) is 16.4. The van der Waals surface area contributed by atoms with Crippen molar-refractivity contribution < 1.29 is 0 Å². The van der Waals surface area contributed by atoms with E-state index in [0.717, 1.165) is 5.57 Å². The van der Waals surface area contributed by atoms with Crippen LogP contribution in [0, 0.1) is 34.6 Å². The van der Waals surface area contributed by atoms with E-state index in [9.17, 15) is 0 Å². The molecule has 0 fully saturated rings. The van der Waals surface area contributed by atoms with Crippen molar-refractivity contribution in [2.24, 2.45) is 0 Å². The molecule has 0 bridgehead atoms. The second kappa shape index (κ2) is 6.36. The van der Waals surface area contributed by atoms with E-state index in [4.69, 9.17) is 0 Å². The molecule has 0 atom stereocenters. The lowest BCUT2D eigenvalue weighted by Crippen LogP contribution is -1.91. The Labute approximate surface area is 135 Å². The fraction of sp³-hybridized carbons (Fsp3) is 0.273. The van der Waals surface area contributed by atoms with Gasteiger partial charge in [-0.25, -0.2) is 0 Å². The predicted molar refractivity (Wildman–Crippen MR) is 99.3 cm³/mol. The molecule has 2 rings (SSSR count). The Morgan fingerprint density at radius 1 is 0.864 bits per heavy atom. The first-order valence-corrected chi connectivity index (χ1v) is 7.82. The first-order chi connectivity index (χ1) is 10.3. The minimum absolute atomic E-state index is 1.07. The standard InChI is InChI=1S/C22H26/c1-14-8-9-22(18(5)10-14)19(6)11-17(4)21-12-15(2)20(7)16(3)13-21/h8-13H,6H2,1-5,7H3/b17-11+. The molecule has 0 unspecified atom stereocenters. The highest BCUT2D eigenvalue weighted by atomic mass is 14.1. The second-order valence-electron chi connectivity index (χ2n) is 6.41. The van der Waals surface area contributed by atoms with Crippen LogP contribution < -0.4 is 0 Å². The molecule has 0 radical (unpaired) electrons.